The molecule has 1 saturated carbocycles. The van der Waals surface area contributed by atoms with E-state index in [4.69, 9.17) is 4.74 Å². The number of methoxy groups -OCH3 is 1. The highest BCUT2D eigenvalue weighted by Gasteiger charge is 2.26. The highest BCUT2D eigenvalue weighted by molar-refractivity contribution is 5.94. The van der Waals surface area contributed by atoms with E-state index in [-0.39, 0.29) is 11.9 Å². The number of aromatic nitrogens is 3. The van der Waals surface area contributed by atoms with Gasteiger partial charge in [0.2, 0.25) is 5.88 Å². The van der Waals surface area contributed by atoms with E-state index in [9.17, 15) is 4.79 Å². The summed E-state index contributed by atoms with van der Waals surface area (Å²) in [7, 11) is 1.55. The third kappa shape index (κ3) is 3.29. The van der Waals surface area contributed by atoms with Crippen LogP contribution in [-0.2, 0) is 4.74 Å². The van der Waals surface area contributed by atoms with E-state index < -0.39 is 0 Å². The van der Waals surface area contributed by atoms with Gasteiger partial charge in [0.15, 0.2) is 0 Å². The molecule has 0 unspecified atom stereocenters. The van der Waals surface area contributed by atoms with Gasteiger partial charge in [-0.25, -0.2) is 4.99 Å². The maximum Gasteiger partial charge on any atom is 0.268 e. The molecule has 138 valence electrons. The fraction of sp³-hybridized carbons (Fsp3) is 0.421. The van der Waals surface area contributed by atoms with Gasteiger partial charge >= 0.3 is 0 Å². The zero-order valence-electron chi connectivity index (χ0n) is 15.7. The predicted octanol–water partition coefficient (Wildman–Crippen LogP) is 1.56. The molecular formula is C19H25N5O2. The van der Waals surface area contributed by atoms with E-state index in [2.05, 4.69) is 27.2 Å². The van der Waals surface area contributed by atoms with Gasteiger partial charge in [0.1, 0.15) is 11.4 Å². The Labute approximate surface area is 152 Å². The van der Waals surface area contributed by atoms with E-state index in [1.807, 2.05) is 43.7 Å². The normalized spacial score (nSPS) is 16.0. The minimum Gasteiger partial charge on any atom is -0.480 e. The monoisotopic (exact) mass is 355 g/mol. The average Bonchev–Trinajstić information content (AvgIpc) is 3.16. The maximum absolute atomic E-state index is 12.6. The summed E-state index contributed by atoms with van der Waals surface area (Å²) in [5.74, 6) is 0.340. The largest absolute Gasteiger partial charge is 0.480 e. The first kappa shape index (κ1) is 18.0. The lowest BCUT2D eigenvalue weighted by molar-refractivity contribution is 0.0940. The molecule has 0 bridgehead atoms. The molecule has 0 radical (unpaired) electrons. The second-order valence-electron chi connectivity index (χ2n) is 6.68. The van der Waals surface area contributed by atoms with Gasteiger partial charge < -0.3 is 14.6 Å². The molecule has 2 N–H and O–H groups in total. The van der Waals surface area contributed by atoms with Crippen molar-refractivity contribution in [2.45, 2.75) is 45.7 Å². The Hall–Kier alpha value is -2.83. The van der Waals surface area contributed by atoms with Gasteiger partial charge in [-0.3, -0.25) is 9.89 Å². The number of carbonyl (C=O) groups excluding carboxylic acids is 1. The molecule has 1 aliphatic carbocycles. The highest BCUT2D eigenvalue weighted by atomic mass is 16.5. The number of nitrogens with one attached hydrogen (secondary N) is 2. The van der Waals surface area contributed by atoms with Gasteiger partial charge in [0, 0.05) is 23.8 Å². The van der Waals surface area contributed by atoms with Crippen molar-refractivity contribution in [3.05, 3.63) is 28.5 Å². The zero-order chi connectivity index (χ0) is 18.8. The summed E-state index contributed by atoms with van der Waals surface area (Å²) in [5, 5.41) is 12.0. The van der Waals surface area contributed by atoms with Crippen molar-refractivity contribution in [3.63, 3.8) is 0 Å². The third-order valence-corrected chi connectivity index (χ3v) is 4.46. The first-order valence-corrected chi connectivity index (χ1v) is 8.79. The fourth-order valence-corrected chi connectivity index (χ4v) is 2.94. The molecule has 1 amide bonds. The molecule has 2 heterocycles. The van der Waals surface area contributed by atoms with E-state index >= 15 is 0 Å². The van der Waals surface area contributed by atoms with Gasteiger partial charge in [-0.15, -0.1) is 0 Å². The molecule has 0 saturated heterocycles. The van der Waals surface area contributed by atoms with Crippen molar-refractivity contribution in [1.82, 2.24) is 20.1 Å². The van der Waals surface area contributed by atoms with Crippen molar-refractivity contribution in [2.24, 2.45) is 4.99 Å². The first-order chi connectivity index (χ1) is 12.5. The number of nitrogens with zero attached hydrogens (tertiary/aromatic N) is 3. The summed E-state index contributed by atoms with van der Waals surface area (Å²) in [6.45, 7) is 9.58. The van der Waals surface area contributed by atoms with Crippen LogP contribution in [0.15, 0.2) is 17.3 Å². The summed E-state index contributed by atoms with van der Waals surface area (Å²) in [5.41, 5.74) is 2.14. The minimum absolute atomic E-state index is 0.0513. The Kier molecular flexibility index (Phi) is 4.97. The van der Waals surface area contributed by atoms with Gasteiger partial charge in [-0.05, 0) is 46.4 Å². The van der Waals surface area contributed by atoms with E-state index in [1.54, 1.807) is 7.11 Å². The lowest BCUT2D eigenvalue weighted by atomic mass is 10.2. The summed E-state index contributed by atoms with van der Waals surface area (Å²) >= 11 is 0. The molecule has 7 nitrogen and oxygen atoms in total. The molecule has 1 aliphatic rings. The van der Waals surface area contributed by atoms with Crippen LogP contribution in [0.4, 0.5) is 0 Å². The van der Waals surface area contributed by atoms with Crippen molar-refractivity contribution < 1.29 is 9.53 Å². The van der Waals surface area contributed by atoms with E-state index in [0.717, 1.165) is 29.0 Å². The number of carbonyl (C=O) groups is 1. The number of aromatic amines is 1. The van der Waals surface area contributed by atoms with Crippen LogP contribution in [0, 0.1) is 0 Å². The fourth-order valence-electron chi connectivity index (χ4n) is 2.94. The van der Waals surface area contributed by atoms with Crippen molar-refractivity contribution in [3.8, 4) is 11.3 Å². The molecule has 0 atom stereocenters. The molecule has 2 aromatic heterocycles. The Morgan fingerprint density at radius 3 is 2.81 bits per heavy atom. The summed E-state index contributed by atoms with van der Waals surface area (Å²) < 4.78 is 7.33. The van der Waals surface area contributed by atoms with Crippen LogP contribution in [0.3, 0.4) is 0 Å². The number of hydrogen-bond donors (Lipinski definition) is 2. The number of aliphatic imine (C=N–C) groups is 1. The van der Waals surface area contributed by atoms with Crippen LogP contribution < -0.4 is 15.9 Å². The summed E-state index contributed by atoms with van der Waals surface area (Å²) in [6, 6.07) is 2.32. The second kappa shape index (κ2) is 7.19. The average molecular weight is 355 g/mol. The standard InChI is InChI=1S/C19H25N5O2/c1-6-14-16(19(20-4)26-5)17(23-22-14)12-9-15(24(10-12)11(2)3)18(25)21-13-7-8-13/h6,9-11,13,22H,4,7-8H2,1-3,5H3,(H,21,25). The van der Waals surface area contributed by atoms with Crippen LogP contribution in [-0.4, -0.2) is 40.5 Å². The Morgan fingerprint density at radius 1 is 1.54 bits per heavy atom. The molecule has 0 aromatic carbocycles. The zero-order valence-corrected chi connectivity index (χ0v) is 15.7. The van der Waals surface area contributed by atoms with E-state index in [0.29, 0.717) is 23.3 Å². The Bertz CT molecular complexity index is 947. The van der Waals surface area contributed by atoms with Crippen LogP contribution in [0.2, 0.25) is 0 Å². The summed E-state index contributed by atoms with van der Waals surface area (Å²) in [6.07, 6.45) is 5.95. The number of H-pyrrole nitrogens is 1. The van der Waals surface area contributed by atoms with Crippen LogP contribution in [0.25, 0.3) is 23.2 Å². The quantitative estimate of drug-likeness (QED) is 0.772. The van der Waals surface area contributed by atoms with Crippen LogP contribution >= 0.6 is 0 Å². The third-order valence-electron chi connectivity index (χ3n) is 4.46. The molecule has 3 rings (SSSR count). The number of ether oxygens (including phenoxy) is 1. The number of rotatable bonds is 6. The maximum atomic E-state index is 12.6. The molecule has 7 heteroatoms. The number of hydrogen-bond acceptors (Lipinski definition) is 4. The minimum atomic E-state index is -0.0513. The Balaban J connectivity index is 2.17. The lowest BCUT2D eigenvalue weighted by Crippen LogP contribution is -2.28. The lowest BCUT2D eigenvalue weighted by Gasteiger charge is -2.12. The van der Waals surface area contributed by atoms with E-state index in [1.165, 1.54) is 0 Å². The van der Waals surface area contributed by atoms with Crippen molar-refractivity contribution in [2.75, 3.05) is 7.11 Å². The topological polar surface area (TPSA) is 84.3 Å². The van der Waals surface area contributed by atoms with Crippen LogP contribution in [0.5, 0.6) is 0 Å². The highest BCUT2D eigenvalue weighted by Crippen LogP contribution is 2.24. The van der Waals surface area contributed by atoms with Gasteiger partial charge in [-0.1, -0.05) is 6.08 Å². The Morgan fingerprint density at radius 2 is 2.27 bits per heavy atom. The molecule has 0 aliphatic heterocycles. The molecule has 26 heavy (non-hydrogen) atoms. The SMILES string of the molecule is C=NC(OC)=c1c(-c2cc(C(=O)NC3CC3)n(C(C)C)c2)n[nH]c1=CC. The molecule has 2 aromatic rings. The van der Waals surface area contributed by atoms with Gasteiger partial charge in [0.25, 0.3) is 5.91 Å². The summed E-state index contributed by atoms with van der Waals surface area (Å²) in [4.78, 5) is 16.6. The number of amides is 1. The second-order valence-corrected chi connectivity index (χ2v) is 6.68. The first-order valence-electron chi connectivity index (χ1n) is 8.79. The van der Waals surface area contributed by atoms with Crippen molar-refractivity contribution in [1.29, 1.82) is 0 Å². The molecule has 1 fully saturated rings. The smallest absolute Gasteiger partial charge is 0.268 e. The van der Waals surface area contributed by atoms with Gasteiger partial charge in [-0.2, -0.15) is 5.10 Å². The molecule has 0 spiro atoms. The molecular weight excluding hydrogens is 330 g/mol. The van der Waals surface area contributed by atoms with Crippen LogP contribution in [0.1, 0.15) is 50.1 Å². The van der Waals surface area contributed by atoms with Gasteiger partial charge in [0.05, 0.1) is 17.7 Å². The van der Waals surface area contributed by atoms with Crippen molar-refractivity contribution >= 4 is 24.6 Å². The predicted molar refractivity (Wildman–Crippen MR) is 102 cm³/mol.